The molecule has 5 heteroatoms. The van der Waals surface area contributed by atoms with Gasteiger partial charge in [-0.2, -0.15) is 0 Å². The van der Waals surface area contributed by atoms with Gasteiger partial charge in [0.15, 0.2) is 0 Å². The number of carbonyl (C=O) groups excluding carboxylic acids is 1. The van der Waals surface area contributed by atoms with Crippen LogP contribution in [-0.2, 0) is 6.42 Å². The highest BCUT2D eigenvalue weighted by Gasteiger charge is 2.07. The first-order valence-electron chi connectivity index (χ1n) is 9.26. The van der Waals surface area contributed by atoms with Crippen molar-refractivity contribution >= 4 is 17.3 Å². The van der Waals surface area contributed by atoms with Crippen LogP contribution in [0.3, 0.4) is 0 Å². The predicted molar refractivity (Wildman–Crippen MR) is 112 cm³/mol. The lowest BCUT2D eigenvalue weighted by atomic mass is 10.1. The van der Waals surface area contributed by atoms with Gasteiger partial charge in [-0.25, -0.2) is 4.98 Å². The van der Waals surface area contributed by atoms with Crippen LogP contribution in [-0.4, -0.2) is 24.5 Å². The molecular weight excluding hydrogens is 350 g/mol. The van der Waals surface area contributed by atoms with E-state index in [1.165, 1.54) is 11.1 Å². The standard InChI is InChI=1S/C23H25N3O2/c1-16-12-17(2)14-20(13-16)26-19-6-9-22(25-15-19)23(27)24-11-10-18-4-7-21(28-3)8-5-18/h4-9,12-15,26H,10-11H2,1-3H3,(H,24,27). The summed E-state index contributed by atoms with van der Waals surface area (Å²) in [4.78, 5) is 16.6. The number of methoxy groups -OCH3 is 1. The maximum atomic E-state index is 12.3. The molecule has 3 aromatic rings. The molecule has 1 aromatic heterocycles. The van der Waals surface area contributed by atoms with E-state index in [4.69, 9.17) is 4.74 Å². The van der Waals surface area contributed by atoms with Crippen LogP contribution in [0.15, 0.2) is 60.8 Å². The zero-order chi connectivity index (χ0) is 19.9. The molecule has 5 nitrogen and oxygen atoms in total. The third kappa shape index (κ3) is 5.33. The van der Waals surface area contributed by atoms with Crippen molar-refractivity contribution in [1.29, 1.82) is 0 Å². The Morgan fingerprint density at radius 1 is 0.964 bits per heavy atom. The van der Waals surface area contributed by atoms with Gasteiger partial charge in [0.05, 0.1) is 19.0 Å². The average molecular weight is 375 g/mol. The van der Waals surface area contributed by atoms with Crippen molar-refractivity contribution in [2.75, 3.05) is 19.0 Å². The van der Waals surface area contributed by atoms with Crippen LogP contribution in [0.25, 0.3) is 0 Å². The molecular formula is C23H25N3O2. The van der Waals surface area contributed by atoms with Gasteiger partial charge in [0, 0.05) is 12.2 Å². The van der Waals surface area contributed by atoms with Crippen LogP contribution in [0.5, 0.6) is 5.75 Å². The first-order chi connectivity index (χ1) is 13.5. The maximum absolute atomic E-state index is 12.3. The molecule has 0 fully saturated rings. The molecule has 2 N–H and O–H groups in total. The molecule has 0 radical (unpaired) electrons. The molecule has 0 unspecified atom stereocenters. The molecule has 28 heavy (non-hydrogen) atoms. The molecule has 0 aliphatic heterocycles. The highest BCUT2D eigenvalue weighted by atomic mass is 16.5. The lowest BCUT2D eigenvalue weighted by Gasteiger charge is -2.09. The fourth-order valence-corrected chi connectivity index (χ4v) is 3.02. The second-order valence-corrected chi connectivity index (χ2v) is 6.79. The maximum Gasteiger partial charge on any atom is 0.269 e. The Kier molecular flexibility index (Phi) is 6.27. The van der Waals surface area contributed by atoms with Gasteiger partial charge < -0.3 is 15.4 Å². The topological polar surface area (TPSA) is 63.2 Å². The van der Waals surface area contributed by atoms with E-state index in [1.807, 2.05) is 30.3 Å². The Hall–Kier alpha value is -3.34. The second kappa shape index (κ2) is 9.04. The van der Waals surface area contributed by atoms with Gasteiger partial charge >= 0.3 is 0 Å². The number of carbonyl (C=O) groups is 1. The molecule has 2 aromatic carbocycles. The van der Waals surface area contributed by atoms with Crippen molar-refractivity contribution in [3.8, 4) is 5.75 Å². The minimum Gasteiger partial charge on any atom is -0.497 e. The number of ether oxygens (including phenoxy) is 1. The van der Waals surface area contributed by atoms with Crippen molar-refractivity contribution in [2.24, 2.45) is 0 Å². The van der Waals surface area contributed by atoms with Crippen LogP contribution in [0.2, 0.25) is 0 Å². The summed E-state index contributed by atoms with van der Waals surface area (Å²) in [5.41, 5.74) is 5.80. The summed E-state index contributed by atoms with van der Waals surface area (Å²) in [6.45, 7) is 4.68. The number of hydrogen-bond acceptors (Lipinski definition) is 4. The number of aryl methyl sites for hydroxylation is 2. The number of aromatic nitrogens is 1. The monoisotopic (exact) mass is 375 g/mol. The summed E-state index contributed by atoms with van der Waals surface area (Å²) in [5, 5.41) is 6.23. The van der Waals surface area contributed by atoms with Crippen molar-refractivity contribution in [3.63, 3.8) is 0 Å². The third-order valence-electron chi connectivity index (χ3n) is 4.36. The van der Waals surface area contributed by atoms with Crippen molar-refractivity contribution in [2.45, 2.75) is 20.3 Å². The Morgan fingerprint density at radius 3 is 2.29 bits per heavy atom. The Balaban J connectivity index is 1.52. The Morgan fingerprint density at radius 2 is 1.68 bits per heavy atom. The molecule has 0 aliphatic carbocycles. The van der Waals surface area contributed by atoms with E-state index < -0.39 is 0 Å². The largest absolute Gasteiger partial charge is 0.497 e. The lowest BCUT2D eigenvalue weighted by molar-refractivity contribution is 0.0949. The fourth-order valence-electron chi connectivity index (χ4n) is 3.02. The number of pyridine rings is 1. The van der Waals surface area contributed by atoms with E-state index in [-0.39, 0.29) is 5.91 Å². The van der Waals surface area contributed by atoms with E-state index in [0.717, 1.165) is 29.1 Å². The predicted octanol–water partition coefficient (Wildman–Crippen LogP) is 4.42. The minimum atomic E-state index is -0.175. The molecule has 0 saturated carbocycles. The van der Waals surface area contributed by atoms with Gasteiger partial charge in [-0.15, -0.1) is 0 Å². The van der Waals surface area contributed by atoms with Gasteiger partial charge in [-0.3, -0.25) is 4.79 Å². The summed E-state index contributed by atoms with van der Waals surface area (Å²) in [6, 6.07) is 17.7. The third-order valence-corrected chi connectivity index (χ3v) is 4.36. The molecule has 1 amide bonds. The number of nitrogens with one attached hydrogen (secondary N) is 2. The highest BCUT2D eigenvalue weighted by molar-refractivity contribution is 5.92. The zero-order valence-corrected chi connectivity index (χ0v) is 16.5. The quantitative estimate of drug-likeness (QED) is 0.641. The molecule has 1 heterocycles. The number of nitrogens with zero attached hydrogens (tertiary/aromatic N) is 1. The van der Waals surface area contributed by atoms with E-state index in [0.29, 0.717) is 12.2 Å². The number of hydrogen-bond donors (Lipinski definition) is 2. The molecule has 0 atom stereocenters. The summed E-state index contributed by atoms with van der Waals surface area (Å²) in [7, 11) is 1.64. The molecule has 3 rings (SSSR count). The zero-order valence-electron chi connectivity index (χ0n) is 16.5. The first-order valence-corrected chi connectivity index (χ1v) is 9.26. The van der Waals surface area contributed by atoms with Gasteiger partial charge in [-0.05, 0) is 73.4 Å². The highest BCUT2D eigenvalue weighted by Crippen LogP contribution is 2.19. The van der Waals surface area contributed by atoms with Crippen LogP contribution in [0.1, 0.15) is 27.2 Å². The van der Waals surface area contributed by atoms with Crippen molar-refractivity contribution < 1.29 is 9.53 Å². The summed E-state index contributed by atoms with van der Waals surface area (Å²) < 4.78 is 5.15. The molecule has 0 bridgehead atoms. The van der Waals surface area contributed by atoms with Crippen LogP contribution < -0.4 is 15.4 Å². The minimum absolute atomic E-state index is 0.175. The van der Waals surface area contributed by atoms with Gasteiger partial charge in [-0.1, -0.05) is 18.2 Å². The molecule has 0 aliphatic rings. The molecule has 144 valence electrons. The van der Waals surface area contributed by atoms with Gasteiger partial charge in [0.1, 0.15) is 11.4 Å². The number of rotatable bonds is 7. The fraction of sp³-hybridized carbons (Fsp3) is 0.217. The first kappa shape index (κ1) is 19.4. The van der Waals surface area contributed by atoms with E-state index in [9.17, 15) is 4.79 Å². The van der Waals surface area contributed by atoms with Crippen LogP contribution in [0, 0.1) is 13.8 Å². The van der Waals surface area contributed by atoms with Gasteiger partial charge in [0.2, 0.25) is 0 Å². The molecule has 0 saturated heterocycles. The van der Waals surface area contributed by atoms with Crippen molar-refractivity contribution in [1.82, 2.24) is 10.3 Å². The number of amides is 1. The number of benzene rings is 2. The second-order valence-electron chi connectivity index (χ2n) is 6.79. The van der Waals surface area contributed by atoms with E-state index in [2.05, 4.69) is 47.7 Å². The average Bonchev–Trinajstić information content (AvgIpc) is 2.68. The van der Waals surface area contributed by atoms with Gasteiger partial charge in [0.25, 0.3) is 5.91 Å². The van der Waals surface area contributed by atoms with Crippen LogP contribution >= 0.6 is 0 Å². The Bertz CT molecular complexity index is 915. The smallest absolute Gasteiger partial charge is 0.269 e. The summed E-state index contributed by atoms with van der Waals surface area (Å²) >= 11 is 0. The summed E-state index contributed by atoms with van der Waals surface area (Å²) in [5.74, 6) is 0.651. The number of anilines is 2. The van der Waals surface area contributed by atoms with E-state index in [1.54, 1.807) is 19.4 Å². The lowest BCUT2D eigenvalue weighted by Crippen LogP contribution is -2.26. The van der Waals surface area contributed by atoms with Crippen LogP contribution in [0.4, 0.5) is 11.4 Å². The van der Waals surface area contributed by atoms with E-state index >= 15 is 0 Å². The SMILES string of the molecule is COc1ccc(CCNC(=O)c2ccc(Nc3cc(C)cc(C)c3)cn2)cc1. The molecule has 0 spiro atoms. The summed E-state index contributed by atoms with van der Waals surface area (Å²) in [6.07, 6.45) is 2.43. The van der Waals surface area contributed by atoms with Crippen molar-refractivity contribution in [3.05, 3.63) is 83.2 Å². The normalized spacial score (nSPS) is 10.4. The Labute approximate surface area is 165 Å².